The monoisotopic (exact) mass is 423 g/mol. The Hall–Kier alpha value is -3.30. The third-order valence-electron chi connectivity index (χ3n) is 4.27. The van der Waals surface area contributed by atoms with Gasteiger partial charge >= 0.3 is 6.18 Å². The molecule has 0 saturated heterocycles. The van der Waals surface area contributed by atoms with Crippen molar-refractivity contribution in [3.63, 3.8) is 0 Å². The van der Waals surface area contributed by atoms with Gasteiger partial charge in [0, 0.05) is 31.6 Å². The van der Waals surface area contributed by atoms with Crippen LogP contribution in [0.15, 0.2) is 42.6 Å². The van der Waals surface area contributed by atoms with E-state index >= 15 is 0 Å². The molecule has 7 nitrogen and oxygen atoms in total. The molecule has 0 fully saturated rings. The summed E-state index contributed by atoms with van der Waals surface area (Å²) >= 11 is 0. The second kappa shape index (κ2) is 9.47. The molecule has 0 bridgehead atoms. The Morgan fingerprint density at radius 3 is 2.80 bits per heavy atom. The summed E-state index contributed by atoms with van der Waals surface area (Å²) in [7, 11) is 0. The number of benzene rings is 1. The predicted octanol–water partition coefficient (Wildman–Crippen LogP) is 2.84. The second-order valence-electron chi connectivity index (χ2n) is 6.54. The lowest BCUT2D eigenvalue weighted by atomic mass is 10.2. The van der Waals surface area contributed by atoms with Crippen molar-refractivity contribution in [2.75, 3.05) is 24.7 Å². The van der Waals surface area contributed by atoms with Gasteiger partial charge in [0.2, 0.25) is 17.7 Å². The summed E-state index contributed by atoms with van der Waals surface area (Å²) in [5.74, 6) is -0.0878. The summed E-state index contributed by atoms with van der Waals surface area (Å²) in [4.78, 5) is 29.9. The van der Waals surface area contributed by atoms with E-state index < -0.39 is 12.8 Å². The summed E-state index contributed by atoms with van der Waals surface area (Å²) in [5, 5.41) is 2.64. The fraction of sp³-hybridized carbons (Fsp3) is 0.350. The van der Waals surface area contributed by atoms with Gasteiger partial charge in [-0.05, 0) is 23.8 Å². The molecule has 1 aromatic carbocycles. The number of anilines is 1. The molecule has 1 aliphatic rings. The molecule has 0 radical (unpaired) electrons. The maximum atomic E-state index is 12.5. The number of nitrogens with one attached hydrogen (secondary N) is 1. The van der Waals surface area contributed by atoms with E-state index in [1.165, 1.54) is 12.3 Å². The number of hydrogen-bond donors (Lipinski definition) is 1. The van der Waals surface area contributed by atoms with Crippen molar-refractivity contribution in [3.05, 3.63) is 48.2 Å². The van der Waals surface area contributed by atoms with Gasteiger partial charge in [0.1, 0.15) is 12.4 Å². The zero-order valence-electron chi connectivity index (χ0n) is 15.9. The molecule has 3 rings (SSSR count). The van der Waals surface area contributed by atoms with E-state index in [2.05, 4.69) is 15.0 Å². The van der Waals surface area contributed by atoms with Gasteiger partial charge in [0.15, 0.2) is 6.61 Å². The van der Waals surface area contributed by atoms with Gasteiger partial charge in [-0.1, -0.05) is 12.1 Å². The Balaban J connectivity index is 1.46. The van der Waals surface area contributed by atoms with Crippen LogP contribution in [0.25, 0.3) is 0 Å². The fourth-order valence-corrected chi connectivity index (χ4v) is 2.87. The van der Waals surface area contributed by atoms with Gasteiger partial charge in [-0.25, -0.2) is 4.98 Å². The van der Waals surface area contributed by atoms with Crippen LogP contribution in [0.5, 0.6) is 11.6 Å². The number of aromatic nitrogens is 1. The SMILES string of the molecule is O=C(CCC(=O)N1CCOc2ccccc21)NCc1ccnc(OCC(F)(F)F)c1. The van der Waals surface area contributed by atoms with Crippen LogP contribution in [-0.2, 0) is 16.1 Å². The molecular formula is C20H20F3N3O4. The number of halogens is 3. The predicted molar refractivity (Wildman–Crippen MR) is 101 cm³/mol. The highest BCUT2D eigenvalue weighted by Crippen LogP contribution is 2.31. The molecule has 1 aliphatic heterocycles. The second-order valence-corrected chi connectivity index (χ2v) is 6.54. The molecule has 1 aromatic heterocycles. The summed E-state index contributed by atoms with van der Waals surface area (Å²) in [6.45, 7) is -0.564. The largest absolute Gasteiger partial charge is 0.490 e. The first-order valence-corrected chi connectivity index (χ1v) is 9.25. The van der Waals surface area contributed by atoms with Crippen molar-refractivity contribution >= 4 is 17.5 Å². The molecule has 2 heterocycles. The van der Waals surface area contributed by atoms with Crippen LogP contribution in [0.3, 0.4) is 0 Å². The molecule has 0 saturated carbocycles. The molecule has 30 heavy (non-hydrogen) atoms. The van der Waals surface area contributed by atoms with Crippen molar-refractivity contribution in [1.29, 1.82) is 0 Å². The number of alkyl halides is 3. The quantitative estimate of drug-likeness (QED) is 0.741. The van der Waals surface area contributed by atoms with E-state index in [1.54, 1.807) is 23.1 Å². The number of carbonyl (C=O) groups is 2. The zero-order chi connectivity index (χ0) is 21.6. The molecule has 1 N–H and O–H groups in total. The number of hydrogen-bond acceptors (Lipinski definition) is 5. The molecule has 0 spiro atoms. The standard InChI is InChI=1S/C20H20F3N3O4/c21-20(22,23)13-30-18-11-14(7-8-24-18)12-25-17(27)5-6-19(28)26-9-10-29-16-4-2-1-3-15(16)26/h1-4,7-8,11H,5-6,9-10,12-13H2,(H,25,27). The molecule has 10 heteroatoms. The number of amides is 2. The molecular weight excluding hydrogens is 403 g/mol. The van der Waals surface area contributed by atoms with Crippen molar-refractivity contribution < 1.29 is 32.2 Å². The number of nitrogens with zero attached hydrogens (tertiary/aromatic N) is 2. The van der Waals surface area contributed by atoms with Gasteiger partial charge in [-0.2, -0.15) is 13.2 Å². The number of rotatable bonds is 7. The van der Waals surface area contributed by atoms with Crippen molar-refractivity contribution in [2.45, 2.75) is 25.6 Å². The number of ether oxygens (including phenoxy) is 2. The van der Waals surface area contributed by atoms with E-state index in [9.17, 15) is 22.8 Å². The first-order chi connectivity index (χ1) is 14.3. The minimum Gasteiger partial charge on any atom is -0.490 e. The van der Waals surface area contributed by atoms with Gasteiger partial charge in [0.25, 0.3) is 0 Å². The Morgan fingerprint density at radius 1 is 1.20 bits per heavy atom. The summed E-state index contributed by atoms with van der Waals surface area (Å²) in [5.41, 5.74) is 1.21. The maximum Gasteiger partial charge on any atom is 0.422 e. The number of pyridine rings is 1. The topological polar surface area (TPSA) is 80.8 Å². The Labute approximate surface area is 170 Å². The van der Waals surface area contributed by atoms with Crippen LogP contribution in [-0.4, -0.2) is 42.7 Å². The first-order valence-electron chi connectivity index (χ1n) is 9.25. The highest BCUT2D eigenvalue weighted by atomic mass is 19.4. The average molecular weight is 423 g/mol. The molecule has 2 aromatic rings. The Morgan fingerprint density at radius 2 is 2.00 bits per heavy atom. The normalized spacial score (nSPS) is 13.2. The molecule has 0 unspecified atom stereocenters. The Bertz CT molecular complexity index is 905. The summed E-state index contributed by atoms with van der Waals surface area (Å²) in [6, 6.07) is 10.1. The van der Waals surface area contributed by atoms with Gasteiger partial charge in [0.05, 0.1) is 12.2 Å². The summed E-state index contributed by atoms with van der Waals surface area (Å²) < 4.78 is 46.7. The van der Waals surface area contributed by atoms with Gasteiger partial charge in [-0.15, -0.1) is 0 Å². The number of para-hydroxylation sites is 2. The van der Waals surface area contributed by atoms with Crippen molar-refractivity contribution in [3.8, 4) is 11.6 Å². The van der Waals surface area contributed by atoms with Gasteiger partial charge in [-0.3, -0.25) is 9.59 Å². The third-order valence-corrected chi connectivity index (χ3v) is 4.27. The van der Waals surface area contributed by atoms with Crippen LogP contribution in [0.2, 0.25) is 0 Å². The van der Waals surface area contributed by atoms with E-state index in [0.717, 1.165) is 0 Å². The molecule has 2 amide bonds. The van der Waals surface area contributed by atoms with E-state index in [0.29, 0.717) is 30.2 Å². The average Bonchev–Trinajstić information content (AvgIpc) is 2.74. The molecule has 0 aliphatic carbocycles. The van der Waals surface area contributed by atoms with Crippen molar-refractivity contribution in [2.24, 2.45) is 0 Å². The van der Waals surface area contributed by atoms with Crippen LogP contribution in [0.1, 0.15) is 18.4 Å². The number of carbonyl (C=O) groups excluding carboxylic acids is 2. The lowest BCUT2D eigenvalue weighted by Crippen LogP contribution is -2.38. The minimum atomic E-state index is -4.46. The van der Waals surface area contributed by atoms with E-state index in [1.807, 2.05) is 12.1 Å². The van der Waals surface area contributed by atoms with Crippen LogP contribution in [0.4, 0.5) is 18.9 Å². The highest BCUT2D eigenvalue weighted by molar-refractivity contribution is 5.97. The number of fused-ring (bicyclic) bond motifs is 1. The van der Waals surface area contributed by atoms with Gasteiger partial charge < -0.3 is 19.7 Å². The Kier molecular flexibility index (Phi) is 6.76. The summed E-state index contributed by atoms with van der Waals surface area (Å²) in [6.07, 6.45) is -3.15. The van der Waals surface area contributed by atoms with Crippen LogP contribution < -0.4 is 19.7 Å². The van der Waals surface area contributed by atoms with Crippen LogP contribution >= 0.6 is 0 Å². The maximum absolute atomic E-state index is 12.5. The fourth-order valence-electron chi connectivity index (χ4n) is 2.87. The van der Waals surface area contributed by atoms with E-state index in [4.69, 9.17) is 4.74 Å². The molecule has 0 atom stereocenters. The van der Waals surface area contributed by atoms with Crippen LogP contribution in [0, 0.1) is 0 Å². The lowest BCUT2D eigenvalue weighted by Gasteiger charge is -2.29. The zero-order valence-corrected chi connectivity index (χ0v) is 15.9. The third kappa shape index (κ3) is 6.10. The lowest BCUT2D eigenvalue weighted by molar-refractivity contribution is -0.154. The minimum absolute atomic E-state index is 0.0130. The molecule has 160 valence electrons. The first kappa shape index (κ1) is 21.4. The van der Waals surface area contributed by atoms with E-state index in [-0.39, 0.29) is 37.1 Å². The smallest absolute Gasteiger partial charge is 0.422 e. The highest BCUT2D eigenvalue weighted by Gasteiger charge is 2.28. The van der Waals surface area contributed by atoms with Crippen molar-refractivity contribution in [1.82, 2.24) is 10.3 Å².